The van der Waals surface area contributed by atoms with Crippen LogP contribution in [0.2, 0.25) is 0 Å². The monoisotopic (exact) mass is 429 g/mol. The normalized spacial score (nSPS) is 16.5. The molecule has 31 heavy (non-hydrogen) atoms. The number of aromatic nitrogens is 4. The van der Waals surface area contributed by atoms with Gasteiger partial charge in [-0.1, -0.05) is 0 Å². The molecule has 0 unspecified atom stereocenters. The van der Waals surface area contributed by atoms with E-state index in [1.165, 1.54) is 4.90 Å². The number of carbonyl (C=O) groups excluding carboxylic acids is 3. The number of carbonyl (C=O) groups is 3. The van der Waals surface area contributed by atoms with Crippen LogP contribution in [0.3, 0.4) is 0 Å². The third-order valence-corrected chi connectivity index (χ3v) is 5.41. The lowest BCUT2D eigenvalue weighted by molar-refractivity contribution is -0.151. The molecule has 0 radical (unpaired) electrons. The van der Waals surface area contributed by atoms with Gasteiger partial charge in [0.2, 0.25) is 17.7 Å². The number of hydrogen-bond donors (Lipinski definition) is 0. The van der Waals surface area contributed by atoms with Gasteiger partial charge in [-0.2, -0.15) is 10.2 Å². The molecule has 1 saturated heterocycles. The average Bonchev–Trinajstić information content (AvgIpc) is 3.36. The lowest BCUT2D eigenvalue weighted by Crippen LogP contribution is -2.61. The summed E-state index contributed by atoms with van der Waals surface area (Å²) in [6, 6.07) is -0.675. The summed E-state index contributed by atoms with van der Waals surface area (Å²) in [5.74, 6) is -0.320. The van der Waals surface area contributed by atoms with Crippen molar-refractivity contribution in [1.82, 2.24) is 34.3 Å². The van der Waals surface area contributed by atoms with Crippen molar-refractivity contribution in [3.8, 4) is 0 Å². The van der Waals surface area contributed by atoms with E-state index in [0.717, 1.165) is 11.1 Å². The zero-order valence-electron chi connectivity index (χ0n) is 18.7. The maximum absolute atomic E-state index is 12.9. The van der Waals surface area contributed by atoms with Gasteiger partial charge < -0.3 is 14.7 Å². The van der Waals surface area contributed by atoms with Gasteiger partial charge in [0.15, 0.2) is 0 Å². The van der Waals surface area contributed by atoms with Gasteiger partial charge >= 0.3 is 0 Å². The third-order valence-electron chi connectivity index (χ3n) is 5.41. The second-order valence-electron chi connectivity index (χ2n) is 8.24. The first-order valence-corrected chi connectivity index (χ1v) is 10.5. The first-order valence-electron chi connectivity index (χ1n) is 10.5. The molecule has 0 aromatic carbocycles. The van der Waals surface area contributed by atoms with E-state index in [1.54, 1.807) is 45.7 Å². The molecule has 1 fully saturated rings. The van der Waals surface area contributed by atoms with E-state index in [4.69, 9.17) is 0 Å². The topological polar surface area (TPSA) is 96.6 Å². The Morgan fingerprint density at radius 2 is 1.48 bits per heavy atom. The zero-order valence-corrected chi connectivity index (χ0v) is 18.7. The first kappa shape index (κ1) is 22.5. The zero-order chi connectivity index (χ0) is 22.5. The van der Waals surface area contributed by atoms with E-state index in [9.17, 15) is 14.4 Å². The molecule has 10 nitrogen and oxygen atoms in total. The van der Waals surface area contributed by atoms with Crippen LogP contribution in [-0.2, 0) is 27.5 Å². The highest BCUT2D eigenvalue weighted by molar-refractivity contribution is 5.89. The fourth-order valence-electron chi connectivity index (χ4n) is 3.72. The third kappa shape index (κ3) is 5.71. The van der Waals surface area contributed by atoms with Crippen LogP contribution >= 0.6 is 0 Å². The Labute approximate surface area is 182 Å². The van der Waals surface area contributed by atoms with Gasteiger partial charge in [0, 0.05) is 65.5 Å². The number of rotatable bonds is 7. The Kier molecular flexibility index (Phi) is 7.09. The summed E-state index contributed by atoms with van der Waals surface area (Å²) in [6.45, 7) is 5.81. The van der Waals surface area contributed by atoms with Crippen molar-refractivity contribution in [3.05, 3.63) is 35.9 Å². The molecule has 2 aromatic heterocycles. The van der Waals surface area contributed by atoms with Crippen LogP contribution < -0.4 is 0 Å². The molecular formula is C21H31N7O3. The summed E-state index contributed by atoms with van der Waals surface area (Å²) in [7, 11) is 3.33. The van der Waals surface area contributed by atoms with Gasteiger partial charge in [-0.3, -0.25) is 23.7 Å². The average molecular weight is 430 g/mol. The van der Waals surface area contributed by atoms with Crippen LogP contribution in [0.4, 0.5) is 0 Å². The van der Waals surface area contributed by atoms with E-state index < -0.39 is 6.04 Å². The van der Waals surface area contributed by atoms with Crippen molar-refractivity contribution in [1.29, 1.82) is 0 Å². The van der Waals surface area contributed by atoms with Crippen molar-refractivity contribution in [2.24, 2.45) is 0 Å². The molecule has 1 atom stereocenters. The summed E-state index contributed by atoms with van der Waals surface area (Å²) in [4.78, 5) is 43.2. The van der Waals surface area contributed by atoms with Gasteiger partial charge in [0.05, 0.1) is 18.9 Å². The summed E-state index contributed by atoms with van der Waals surface area (Å²) in [5.41, 5.74) is 2.08. The number of amides is 3. The molecule has 0 N–H and O–H groups in total. The minimum atomic E-state index is -0.675. The molecule has 0 bridgehead atoms. The molecule has 0 spiro atoms. The number of aryl methyl sites for hydroxylation is 4. The molecule has 3 rings (SSSR count). The van der Waals surface area contributed by atoms with Crippen molar-refractivity contribution in [2.45, 2.75) is 45.8 Å². The Hall–Kier alpha value is -3.17. The summed E-state index contributed by atoms with van der Waals surface area (Å²) >= 11 is 0. The highest BCUT2D eigenvalue weighted by atomic mass is 16.2. The molecule has 10 heteroatoms. The van der Waals surface area contributed by atoms with Gasteiger partial charge in [-0.05, 0) is 25.0 Å². The fourth-order valence-corrected chi connectivity index (χ4v) is 3.72. The van der Waals surface area contributed by atoms with E-state index in [1.807, 2.05) is 26.2 Å². The maximum atomic E-state index is 12.9. The van der Waals surface area contributed by atoms with Gasteiger partial charge in [0.25, 0.3) is 0 Å². The van der Waals surface area contributed by atoms with E-state index >= 15 is 0 Å². The van der Waals surface area contributed by atoms with Gasteiger partial charge in [-0.25, -0.2) is 0 Å². The molecule has 1 aliphatic rings. The van der Waals surface area contributed by atoms with Crippen molar-refractivity contribution < 1.29 is 14.4 Å². The second kappa shape index (κ2) is 9.76. The summed E-state index contributed by atoms with van der Waals surface area (Å²) in [5, 5.41) is 8.41. The van der Waals surface area contributed by atoms with Crippen molar-refractivity contribution in [2.75, 3.05) is 33.7 Å². The van der Waals surface area contributed by atoms with Crippen LogP contribution in [0, 0.1) is 13.8 Å². The quantitative estimate of drug-likeness (QED) is 0.631. The van der Waals surface area contributed by atoms with Gasteiger partial charge in [-0.15, -0.1) is 0 Å². The lowest BCUT2D eigenvalue weighted by atomic mass is 10.1. The highest BCUT2D eigenvalue weighted by Crippen LogP contribution is 2.15. The molecule has 1 aliphatic heterocycles. The lowest BCUT2D eigenvalue weighted by Gasteiger charge is -2.41. The van der Waals surface area contributed by atoms with Crippen LogP contribution in [-0.4, -0.2) is 91.8 Å². The maximum Gasteiger partial charge on any atom is 0.246 e. The summed E-state index contributed by atoms with van der Waals surface area (Å²) < 4.78 is 3.47. The summed E-state index contributed by atoms with van der Waals surface area (Å²) in [6.07, 6.45) is 7.83. The Bertz CT molecular complexity index is 933. The molecule has 2 aromatic rings. The molecule has 0 aliphatic carbocycles. The van der Waals surface area contributed by atoms with Crippen molar-refractivity contribution >= 4 is 17.7 Å². The molecule has 3 amide bonds. The van der Waals surface area contributed by atoms with Gasteiger partial charge in [0.1, 0.15) is 6.04 Å². The van der Waals surface area contributed by atoms with E-state index in [-0.39, 0.29) is 30.7 Å². The van der Waals surface area contributed by atoms with Crippen LogP contribution in [0.5, 0.6) is 0 Å². The molecule has 0 saturated carbocycles. The van der Waals surface area contributed by atoms with Crippen LogP contribution in [0.1, 0.15) is 24.0 Å². The Morgan fingerprint density at radius 1 is 0.935 bits per heavy atom. The smallest absolute Gasteiger partial charge is 0.246 e. The standard InChI is InChI=1S/C21H31N7O3/c1-16-11-22-26(13-16)7-5-19(29)25-9-10-28(18(15-25)21(31)24(3)4)20(30)6-8-27-14-17(2)12-23-27/h11-14,18H,5-10,15H2,1-4H3/t18-/m0/s1. The predicted octanol–water partition coefficient (Wildman–Crippen LogP) is 0.304. The minimum Gasteiger partial charge on any atom is -0.347 e. The number of nitrogens with zero attached hydrogens (tertiary/aromatic N) is 7. The fraction of sp³-hybridized carbons (Fsp3) is 0.571. The highest BCUT2D eigenvalue weighted by Gasteiger charge is 2.37. The second-order valence-corrected chi connectivity index (χ2v) is 8.24. The first-order chi connectivity index (χ1) is 14.7. The van der Waals surface area contributed by atoms with Crippen LogP contribution in [0.25, 0.3) is 0 Å². The molecular weight excluding hydrogens is 398 g/mol. The largest absolute Gasteiger partial charge is 0.347 e. The SMILES string of the molecule is Cc1cnn(CCC(=O)N2CCN(C(=O)CCn3cc(C)cn3)[C@H](C(=O)N(C)C)C2)c1. The number of piperazine rings is 1. The van der Waals surface area contributed by atoms with Crippen molar-refractivity contribution in [3.63, 3.8) is 0 Å². The molecule has 168 valence electrons. The number of likely N-dealkylation sites (N-methyl/N-ethyl adjacent to an activating group) is 1. The minimum absolute atomic E-state index is 0.0381. The predicted molar refractivity (Wildman–Crippen MR) is 114 cm³/mol. The Balaban J connectivity index is 1.61. The van der Waals surface area contributed by atoms with Crippen LogP contribution in [0.15, 0.2) is 24.8 Å². The van der Waals surface area contributed by atoms with E-state index in [2.05, 4.69) is 10.2 Å². The number of hydrogen-bond acceptors (Lipinski definition) is 5. The Morgan fingerprint density at radius 3 is 1.97 bits per heavy atom. The van der Waals surface area contributed by atoms with E-state index in [0.29, 0.717) is 32.6 Å². The molecule has 3 heterocycles.